The summed E-state index contributed by atoms with van der Waals surface area (Å²) in [5.74, 6) is -0.944. The molecule has 0 bridgehead atoms. The van der Waals surface area contributed by atoms with Gasteiger partial charge in [0.2, 0.25) is 0 Å². The number of Topliss-reactive ketones (excluding diaryl/α,β-unsaturated/α-hetero) is 2. The maximum atomic E-state index is 11.7. The molecule has 0 aromatic heterocycles. The van der Waals surface area contributed by atoms with Crippen LogP contribution in [0.4, 0.5) is 0 Å². The van der Waals surface area contributed by atoms with Crippen LogP contribution in [0, 0.1) is 5.41 Å². The minimum absolute atomic E-state index is 0.0569. The molecule has 0 aromatic carbocycles. The first-order chi connectivity index (χ1) is 7.40. The average Bonchev–Trinajstić information content (AvgIpc) is 2.22. The van der Waals surface area contributed by atoms with Crippen LogP contribution in [0.1, 0.15) is 33.1 Å². The Bertz CT molecular complexity index is 306. The molecule has 0 heterocycles. The van der Waals surface area contributed by atoms with Gasteiger partial charge in [0.15, 0.2) is 0 Å². The molecule has 16 heavy (non-hydrogen) atoms. The molecule has 0 aliphatic heterocycles. The molecule has 4 nitrogen and oxygen atoms in total. The lowest BCUT2D eigenvalue weighted by molar-refractivity contribution is -0.157. The Labute approximate surface area is 95.7 Å². The van der Waals surface area contributed by atoms with Crippen molar-refractivity contribution in [3.8, 4) is 0 Å². The summed E-state index contributed by atoms with van der Waals surface area (Å²) in [6.45, 7) is 6.29. The van der Waals surface area contributed by atoms with Gasteiger partial charge in [0.05, 0.1) is 7.11 Å². The predicted molar refractivity (Wildman–Crippen MR) is 59.9 cm³/mol. The van der Waals surface area contributed by atoms with E-state index in [0.717, 1.165) is 0 Å². The maximum absolute atomic E-state index is 11.7. The second-order valence-corrected chi connectivity index (χ2v) is 3.82. The van der Waals surface area contributed by atoms with Crippen molar-refractivity contribution >= 4 is 17.5 Å². The third-order valence-corrected chi connectivity index (χ3v) is 2.65. The quantitative estimate of drug-likeness (QED) is 0.376. The summed E-state index contributed by atoms with van der Waals surface area (Å²) >= 11 is 0. The zero-order valence-electron chi connectivity index (χ0n) is 10.0. The van der Waals surface area contributed by atoms with Crippen molar-refractivity contribution in [3.05, 3.63) is 12.7 Å². The van der Waals surface area contributed by atoms with E-state index < -0.39 is 11.4 Å². The van der Waals surface area contributed by atoms with Crippen molar-refractivity contribution in [1.82, 2.24) is 0 Å². The Morgan fingerprint density at radius 3 is 2.19 bits per heavy atom. The van der Waals surface area contributed by atoms with Crippen LogP contribution >= 0.6 is 0 Å². The Kier molecular flexibility index (Phi) is 5.64. The largest absolute Gasteiger partial charge is 0.468 e. The minimum Gasteiger partial charge on any atom is -0.468 e. The molecule has 4 heteroatoms. The van der Waals surface area contributed by atoms with Crippen LogP contribution in [0.2, 0.25) is 0 Å². The van der Waals surface area contributed by atoms with E-state index in [0.29, 0.717) is 0 Å². The third-order valence-electron chi connectivity index (χ3n) is 2.65. The Morgan fingerprint density at radius 1 is 1.31 bits per heavy atom. The van der Waals surface area contributed by atoms with E-state index in [1.54, 1.807) is 0 Å². The number of esters is 1. The van der Waals surface area contributed by atoms with E-state index in [1.165, 1.54) is 27.0 Å². The molecule has 0 aromatic rings. The van der Waals surface area contributed by atoms with E-state index in [9.17, 15) is 14.4 Å². The highest BCUT2D eigenvalue weighted by atomic mass is 16.5. The molecule has 0 spiro atoms. The number of hydrogen-bond donors (Lipinski definition) is 0. The molecule has 0 aliphatic rings. The summed E-state index contributed by atoms with van der Waals surface area (Å²) in [5, 5.41) is 0. The zero-order valence-corrected chi connectivity index (χ0v) is 10.0. The van der Waals surface area contributed by atoms with Crippen molar-refractivity contribution in [3.63, 3.8) is 0 Å². The molecule has 0 rings (SSSR count). The maximum Gasteiger partial charge on any atom is 0.319 e. The van der Waals surface area contributed by atoms with Crippen LogP contribution < -0.4 is 0 Å². The number of carbonyl (C=O) groups is 3. The lowest BCUT2D eigenvalue weighted by atomic mass is 9.76. The predicted octanol–water partition coefficient (Wildman–Crippen LogP) is 1.68. The average molecular weight is 226 g/mol. The summed E-state index contributed by atoms with van der Waals surface area (Å²) in [6, 6.07) is 0. The first-order valence-corrected chi connectivity index (χ1v) is 5.10. The van der Waals surface area contributed by atoms with Crippen LogP contribution in [-0.2, 0) is 19.1 Å². The zero-order chi connectivity index (χ0) is 12.8. The molecule has 1 atom stereocenters. The Morgan fingerprint density at radius 2 is 1.88 bits per heavy atom. The number of rotatable bonds is 7. The standard InChI is InChI=1S/C12H18O4/c1-5-7-12(10(3)14,11(15)16-4)8-6-9(2)13/h5H,1,6-8H2,2-4H3/t12-/m1/s1. The topological polar surface area (TPSA) is 60.4 Å². The molecule has 0 saturated heterocycles. The number of ketones is 2. The van der Waals surface area contributed by atoms with Crippen molar-refractivity contribution in [2.45, 2.75) is 33.1 Å². The molecule has 0 aliphatic carbocycles. The number of methoxy groups -OCH3 is 1. The summed E-state index contributed by atoms with van der Waals surface area (Å²) in [5.41, 5.74) is -1.25. The molecule has 0 unspecified atom stereocenters. The van der Waals surface area contributed by atoms with Gasteiger partial charge in [-0.3, -0.25) is 9.59 Å². The molecule has 0 radical (unpaired) electrons. The first kappa shape index (κ1) is 14.6. The van der Waals surface area contributed by atoms with Gasteiger partial charge in [0.25, 0.3) is 0 Å². The molecular formula is C12H18O4. The van der Waals surface area contributed by atoms with E-state index in [4.69, 9.17) is 0 Å². The fourth-order valence-corrected chi connectivity index (χ4v) is 1.58. The highest BCUT2D eigenvalue weighted by Crippen LogP contribution is 2.31. The van der Waals surface area contributed by atoms with Gasteiger partial charge in [-0.25, -0.2) is 0 Å². The fourth-order valence-electron chi connectivity index (χ4n) is 1.58. The van der Waals surface area contributed by atoms with Gasteiger partial charge < -0.3 is 9.53 Å². The van der Waals surface area contributed by atoms with E-state index >= 15 is 0 Å². The second-order valence-electron chi connectivity index (χ2n) is 3.82. The van der Waals surface area contributed by atoms with Crippen molar-refractivity contribution in [2.24, 2.45) is 5.41 Å². The lowest BCUT2D eigenvalue weighted by Crippen LogP contribution is -2.39. The van der Waals surface area contributed by atoms with Gasteiger partial charge in [-0.1, -0.05) is 6.08 Å². The molecular weight excluding hydrogens is 208 g/mol. The van der Waals surface area contributed by atoms with Gasteiger partial charge in [0, 0.05) is 6.42 Å². The second kappa shape index (κ2) is 6.20. The lowest BCUT2D eigenvalue weighted by Gasteiger charge is -2.26. The van der Waals surface area contributed by atoms with Gasteiger partial charge in [-0.05, 0) is 26.7 Å². The van der Waals surface area contributed by atoms with Crippen LogP contribution in [0.5, 0.6) is 0 Å². The summed E-state index contributed by atoms with van der Waals surface area (Å²) in [6.07, 6.45) is 2.06. The highest BCUT2D eigenvalue weighted by Gasteiger charge is 2.43. The first-order valence-electron chi connectivity index (χ1n) is 5.10. The SMILES string of the molecule is C=CC[C@@](CCC(C)=O)(C(C)=O)C(=O)OC. The molecule has 0 saturated carbocycles. The summed E-state index contributed by atoms with van der Waals surface area (Å²) < 4.78 is 4.64. The van der Waals surface area contributed by atoms with E-state index in [2.05, 4.69) is 11.3 Å². The molecule has 90 valence electrons. The van der Waals surface area contributed by atoms with E-state index in [1.807, 2.05) is 0 Å². The van der Waals surface area contributed by atoms with Crippen LogP contribution in [0.25, 0.3) is 0 Å². The normalized spacial score (nSPS) is 13.7. The molecule has 0 N–H and O–H groups in total. The van der Waals surface area contributed by atoms with Crippen molar-refractivity contribution < 1.29 is 19.1 Å². The summed E-state index contributed by atoms with van der Waals surface area (Å²) in [4.78, 5) is 34.2. The number of allylic oxidation sites excluding steroid dienone is 1. The van der Waals surface area contributed by atoms with E-state index in [-0.39, 0.29) is 30.8 Å². The van der Waals surface area contributed by atoms with Gasteiger partial charge >= 0.3 is 5.97 Å². The van der Waals surface area contributed by atoms with Crippen LogP contribution in [0.15, 0.2) is 12.7 Å². The van der Waals surface area contributed by atoms with Gasteiger partial charge in [-0.15, -0.1) is 6.58 Å². The highest BCUT2D eigenvalue weighted by molar-refractivity contribution is 6.03. The minimum atomic E-state index is -1.25. The molecule has 0 fully saturated rings. The van der Waals surface area contributed by atoms with Crippen molar-refractivity contribution in [1.29, 1.82) is 0 Å². The Balaban J connectivity index is 5.08. The number of carbonyl (C=O) groups excluding carboxylic acids is 3. The smallest absolute Gasteiger partial charge is 0.319 e. The van der Waals surface area contributed by atoms with Gasteiger partial charge in [0.1, 0.15) is 17.0 Å². The van der Waals surface area contributed by atoms with Crippen LogP contribution in [0.3, 0.4) is 0 Å². The summed E-state index contributed by atoms with van der Waals surface area (Å²) in [7, 11) is 1.23. The van der Waals surface area contributed by atoms with Crippen molar-refractivity contribution in [2.75, 3.05) is 7.11 Å². The number of hydrogen-bond acceptors (Lipinski definition) is 4. The third kappa shape index (κ3) is 3.29. The monoisotopic (exact) mass is 226 g/mol. The Hall–Kier alpha value is -1.45. The fraction of sp³-hybridized carbons (Fsp3) is 0.583. The number of ether oxygens (including phenoxy) is 1. The van der Waals surface area contributed by atoms with Gasteiger partial charge in [-0.2, -0.15) is 0 Å². The van der Waals surface area contributed by atoms with Crippen LogP contribution in [-0.4, -0.2) is 24.6 Å². The molecule has 0 amide bonds.